The van der Waals surface area contributed by atoms with Gasteiger partial charge in [0.05, 0.1) is 40.7 Å². The number of carbonyl (C=O) groups excluding carboxylic acids is 2. The maximum Gasteiger partial charge on any atom is 0.343 e. The maximum atomic E-state index is 13.2. The highest BCUT2D eigenvalue weighted by Gasteiger charge is 2.15. The van der Waals surface area contributed by atoms with E-state index in [1.54, 1.807) is 79.2 Å². The highest BCUT2D eigenvalue weighted by molar-refractivity contribution is 6.37. The number of unbranched alkanes of at least 4 members (excludes halogenated alkanes) is 10. The lowest BCUT2D eigenvalue weighted by Crippen LogP contribution is -2.09. The first-order valence-corrected chi connectivity index (χ1v) is 22.7. The van der Waals surface area contributed by atoms with Gasteiger partial charge in [-0.3, -0.25) is 9.98 Å². The molecule has 63 heavy (non-hydrogen) atoms. The Labute approximate surface area is 377 Å². The first kappa shape index (κ1) is 46.3. The summed E-state index contributed by atoms with van der Waals surface area (Å²) in [7, 11) is 0. The van der Waals surface area contributed by atoms with Crippen molar-refractivity contribution >= 4 is 58.1 Å². The third kappa shape index (κ3) is 15.0. The molecule has 0 atom stereocenters. The smallest absolute Gasteiger partial charge is 0.343 e. The molecule has 0 saturated carbocycles. The second kappa shape index (κ2) is 25.0. The van der Waals surface area contributed by atoms with Crippen LogP contribution >= 0.6 is 11.6 Å². The van der Waals surface area contributed by atoms with Crippen LogP contribution in [0.15, 0.2) is 137 Å². The minimum atomic E-state index is -0.561. The summed E-state index contributed by atoms with van der Waals surface area (Å²) in [6.07, 6.45) is 18.2. The summed E-state index contributed by atoms with van der Waals surface area (Å²) in [5, 5.41) is 1.58. The Hall–Kier alpha value is -6.25. The van der Waals surface area contributed by atoms with Crippen molar-refractivity contribution in [3.05, 3.63) is 155 Å². The van der Waals surface area contributed by atoms with Gasteiger partial charge in [0.2, 0.25) is 0 Å². The average molecular weight is 866 g/mol. The van der Waals surface area contributed by atoms with Gasteiger partial charge in [-0.1, -0.05) is 126 Å². The first-order valence-electron chi connectivity index (χ1n) is 22.3. The normalized spacial score (nSPS) is 11.3. The third-order valence-electron chi connectivity index (χ3n) is 10.5. The van der Waals surface area contributed by atoms with Gasteiger partial charge in [-0.2, -0.15) is 0 Å². The Morgan fingerprint density at radius 1 is 0.492 bits per heavy atom. The molecule has 0 spiro atoms. The number of fused-ring (bicyclic) bond motifs is 1. The van der Waals surface area contributed by atoms with Gasteiger partial charge in [0.1, 0.15) is 23.0 Å². The summed E-state index contributed by atoms with van der Waals surface area (Å²) >= 11 is 6.77. The molecule has 0 fully saturated rings. The Morgan fingerprint density at radius 2 is 0.921 bits per heavy atom. The SMILES string of the molecule is CCCCCCCCOc1ccc(N=Cc2ccc(C(=O)Oc3ccc4ccc(OC(=O)c5ccc(C=Nc6ccc(OCCCCCCCC)cc6)cc5)c(Cl)c4c3)cc2)cc1. The molecule has 0 amide bonds. The van der Waals surface area contributed by atoms with Gasteiger partial charge in [0.15, 0.2) is 0 Å². The number of rotatable bonds is 24. The van der Waals surface area contributed by atoms with E-state index in [4.69, 9.17) is 30.5 Å². The van der Waals surface area contributed by atoms with Crippen molar-refractivity contribution in [1.29, 1.82) is 0 Å². The van der Waals surface area contributed by atoms with Crippen LogP contribution in [0.1, 0.15) is 123 Å². The van der Waals surface area contributed by atoms with E-state index < -0.39 is 11.9 Å². The quantitative estimate of drug-likeness (QED) is 0.0260. The van der Waals surface area contributed by atoms with Gasteiger partial charge < -0.3 is 18.9 Å². The van der Waals surface area contributed by atoms with E-state index in [2.05, 4.69) is 23.8 Å². The minimum Gasteiger partial charge on any atom is -0.494 e. The van der Waals surface area contributed by atoms with Crippen molar-refractivity contribution in [3.8, 4) is 23.0 Å². The molecule has 0 unspecified atom stereocenters. The molecular weight excluding hydrogens is 808 g/mol. The molecule has 0 aliphatic rings. The number of hydrogen-bond acceptors (Lipinski definition) is 8. The van der Waals surface area contributed by atoms with E-state index >= 15 is 0 Å². The number of esters is 2. The zero-order valence-electron chi connectivity index (χ0n) is 36.4. The Bertz CT molecular complexity index is 2410. The molecule has 0 aliphatic carbocycles. The minimum absolute atomic E-state index is 0.188. The Kier molecular flexibility index (Phi) is 18.4. The molecule has 9 heteroatoms. The molecule has 0 saturated heterocycles. The number of ether oxygens (including phenoxy) is 4. The zero-order chi connectivity index (χ0) is 44.1. The van der Waals surface area contributed by atoms with Gasteiger partial charge in [0.25, 0.3) is 0 Å². The summed E-state index contributed by atoms with van der Waals surface area (Å²) in [6.45, 7) is 5.89. The number of benzene rings is 6. The van der Waals surface area contributed by atoms with Crippen LogP contribution in [0.3, 0.4) is 0 Å². The fraction of sp³-hybridized carbons (Fsp3) is 0.296. The van der Waals surface area contributed by atoms with E-state index in [0.717, 1.165) is 65.4 Å². The lowest BCUT2D eigenvalue weighted by molar-refractivity contribution is 0.0726. The topological polar surface area (TPSA) is 95.8 Å². The fourth-order valence-corrected chi connectivity index (χ4v) is 7.08. The van der Waals surface area contributed by atoms with Gasteiger partial charge in [-0.05, 0) is 120 Å². The first-order chi connectivity index (χ1) is 30.9. The lowest BCUT2D eigenvalue weighted by atomic mass is 10.1. The highest BCUT2D eigenvalue weighted by atomic mass is 35.5. The van der Waals surface area contributed by atoms with Gasteiger partial charge in [-0.25, -0.2) is 9.59 Å². The molecule has 6 aromatic carbocycles. The molecular formula is C54H57ClN2O6. The highest BCUT2D eigenvalue weighted by Crippen LogP contribution is 2.35. The van der Waals surface area contributed by atoms with Crippen molar-refractivity contribution in [2.24, 2.45) is 9.98 Å². The standard InChI is InChI=1S/C54H57ClN2O6/c1-3-5-7-9-11-13-35-60-47-30-25-45(26-31-47)56-38-40-15-19-43(20-16-40)53(58)62-49-29-23-42-24-34-51(52(55)50(42)37-49)63-54(59)44-21-17-41(18-22-44)39-57-46-27-32-48(33-28-46)61-36-14-12-10-8-6-4-2/h15-34,37-39H,3-14,35-36H2,1-2H3. The molecule has 6 rings (SSSR count). The molecule has 0 radical (unpaired) electrons. The van der Waals surface area contributed by atoms with Crippen LogP contribution in [0, 0.1) is 0 Å². The molecule has 0 heterocycles. The van der Waals surface area contributed by atoms with Crippen molar-refractivity contribution < 1.29 is 28.5 Å². The van der Waals surface area contributed by atoms with Crippen LogP contribution in [0.4, 0.5) is 11.4 Å². The fourth-order valence-electron chi connectivity index (χ4n) is 6.82. The number of hydrogen-bond donors (Lipinski definition) is 0. The summed E-state index contributed by atoms with van der Waals surface area (Å²) in [5.41, 5.74) is 3.99. The number of carbonyl (C=O) groups is 2. The van der Waals surface area contributed by atoms with Gasteiger partial charge >= 0.3 is 11.9 Å². The van der Waals surface area contributed by atoms with E-state index in [-0.39, 0.29) is 10.8 Å². The van der Waals surface area contributed by atoms with Crippen molar-refractivity contribution in [2.45, 2.75) is 90.9 Å². The summed E-state index contributed by atoms with van der Waals surface area (Å²) in [6, 6.07) is 38.0. The van der Waals surface area contributed by atoms with Gasteiger partial charge in [0, 0.05) is 17.8 Å². The molecule has 0 bridgehead atoms. The van der Waals surface area contributed by atoms with Crippen LogP contribution in [0.5, 0.6) is 23.0 Å². The number of halogens is 1. The molecule has 0 aromatic heterocycles. The van der Waals surface area contributed by atoms with E-state index in [1.165, 1.54) is 64.2 Å². The summed E-state index contributed by atoms with van der Waals surface area (Å²) < 4.78 is 23.2. The molecule has 0 N–H and O–H groups in total. The van der Waals surface area contributed by atoms with Crippen molar-refractivity contribution in [1.82, 2.24) is 0 Å². The predicted octanol–water partition coefficient (Wildman–Crippen LogP) is 14.9. The number of aliphatic imine (C=N–C) groups is 2. The third-order valence-corrected chi connectivity index (χ3v) is 10.9. The second-order valence-corrected chi connectivity index (χ2v) is 15.9. The van der Waals surface area contributed by atoms with Gasteiger partial charge in [-0.15, -0.1) is 0 Å². The summed E-state index contributed by atoms with van der Waals surface area (Å²) in [5.74, 6) is 1.08. The summed E-state index contributed by atoms with van der Waals surface area (Å²) in [4.78, 5) is 35.4. The van der Waals surface area contributed by atoms with Crippen LogP contribution in [-0.4, -0.2) is 37.6 Å². The van der Waals surface area contributed by atoms with Crippen molar-refractivity contribution in [3.63, 3.8) is 0 Å². The predicted molar refractivity (Wildman–Crippen MR) is 257 cm³/mol. The molecule has 6 aromatic rings. The van der Waals surface area contributed by atoms with E-state index in [1.807, 2.05) is 60.7 Å². The Morgan fingerprint density at radius 3 is 1.41 bits per heavy atom. The van der Waals surface area contributed by atoms with Crippen LogP contribution < -0.4 is 18.9 Å². The number of nitrogens with zero attached hydrogens (tertiary/aromatic N) is 2. The van der Waals surface area contributed by atoms with Crippen molar-refractivity contribution in [2.75, 3.05) is 13.2 Å². The Balaban J connectivity index is 0.969. The largest absolute Gasteiger partial charge is 0.494 e. The van der Waals surface area contributed by atoms with Crippen LogP contribution in [0.25, 0.3) is 10.8 Å². The molecule has 0 aliphatic heterocycles. The van der Waals surface area contributed by atoms with Crippen LogP contribution in [-0.2, 0) is 0 Å². The van der Waals surface area contributed by atoms with E-state index in [0.29, 0.717) is 22.3 Å². The lowest BCUT2D eigenvalue weighted by Gasteiger charge is -2.11. The average Bonchev–Trinajstić information content (AvgIpc) is 3.31. The molecule has 8 nitrogen and oxygen atoms in total. The molecule has 326 valence electrons. The monoisotopic (exact) mass is 864 g/mol. The maximum absolute atomic E-state index is 13.2. The van der Waals surface area contributed by atoms with E-state index in [9.17, 15) is 9.59 Å². The second-order valence-electron chi connectivity index (χ2n) is 15.5. The zero-order valence-corrected chi connectivity index (χ0v) is 37.2. The van der Waals surface area contributed by atoms with Crippen LogP contribution in [0.2, 0.25) is 5.02 Å².